The SMILES string of the molecule is CC(C)Oc1ccc(CNC(=O)c2c[nH]c3c(c2=O)CCCC3)c(F)c1. The van der Waals surface area contributed by atoms with Gasteiger partial charge in [0.15, 0.2) is 5.43 Å². The topological polar surface area (TPSA) is 71.2 Å². The molecule has 0 radical (unpaired) electrons. The molecule has 0 fully saturated rings. The summed E-state index contributed by atoms with van der Waals surface area (Å²) in [6.07, 6.45) is 4.94. The van der Waals surface area contributed by atoms with Gasteiger partial charge in [0.2, 0.25) is 0 Å². The van der Waals surface area contributed by atoms with E-state index >= 15 is 0 Å². The number of amides is 1. The van der Waals surface area contributed by atoms with Crippen molar-refractivity contribution in [2.75, 3.05) is 0 Å². The van der Waals surface area contributed by atoms with Crippen LogP contribution < -0.4 is 15.5 Å². The smallest absolute Gasteiger partial charge is 0.257 e. The number of fused-ring (bicyclic) bond motifs is 1. The fraction of sp³-hybridized carbons (Fsp3) is 0.400. The van der Waals surface area contributed by atoms with E-state index in [9.17, 15) is 14.0 Å². The van der Waals surface area contributed by atoms with Crippen molar-refractivity contribution in [3.05, 3.63) is 62.8 Å². The van der Waals surface area contributed by atoms with E-state index in [2.05, 4.69) is 10.3 Å². The Balaban J connectivity index is 1.70. The molecule has 1 heterocycles. The van der Waals surface area contributed by atoms with Gasteiger partial charge < -0.3 is 15.0 Å². The Labute approximate surface area is 151 Å². The van der Waals surface area contributed by atoms with Crippen molar-refractivity contribution in [3.63, 3.8) is 0 Å². The zero-order valence-corrected chi connectivity index (χ0v) is 15.0. The molecule has 2 N–H and O–H groups in total. The lowest BCUT2D eigenvalue weighted by Crippen LogP contribution is -2.31. The zero-order valence-electron chi connectivity index (χ0n) is 15.0. The molecule has 1 amide bonds. The molecule has 5 nitrogen and oxygen atoms in total. The monoisotopic (exact) mass is 358 g/mol. The molecule has 3 rings (SSSR count). The number of benzene rings is 1. The Kier molecular flexibility index (Phi) is 5.40. The number of carbonyl (C=O) groups is 1. The lowest BCUT2D eigenvalue weighted by Gasteiger charge is -2.15. The summed E-state index contributed by atoms with van der Waals surface area (Å²) in [5.41, 5.74) is 1.81. The number of hydrogen-bond donors (Lipinski definition) is 2. The number of aryl methyl sites for hydroxylation is 1. The maximum atomic E-state index is 14.2. The highest BCUT2D eigenvalue weighted by Gasteiger charge is 2.19. The number of H-pyrrole nitrogens is 1. The molecule has 0 aliphatic heterocycles. The highest BCUT2D eigenvalue weighted by molar-refractivity contribution is 5.94. The molecule has 0 bridgehead atoms. The molecule has 0 saturated carbocycles. The molecule has 0 atom stereocenters. The number of aromatic amines is 1. The number of rotatable bonds is 5. The molecule has 0 unspecified atom stereocenters. The third kappa shape index (κ3) is 3.95. The molecule has 1 aromatic carbocycles. The van der Waals surface area contributed by atoms with Crippen molar-refractivity contribution >= 4 is 5.91 Å². The lowest BCUT2D eigenvalue weighted by molar-refractivity contribution is 0.0949. The van der Waals surface area contributed by atoms with Gasteiger partial charge in [-0.25, -0.2) is 4.39 Å². The zero-order chi connectivity index (χ0) is 18.7. The summed E-state index contributed by atoms with van der Waals surface area (Å²) in [5, 5.41) is 2.62. The molecule has 26 heavy (non-hydrogen) atoms. The number of hydrogen-bond acceptors (Lipinski definition) is 3. The fourth-order valence-electron chi connectivity index (χ4n) is 3.16. The maximum Gasteiger partial charge on any atom is 0.257 e. The van der Waals surface area contributed by atoms with Crippen LogP contribution in [0.3, 0.4) is 0 Å². The molecule has 1 aliphatic carbocycles. The van der Waals surface area contributed by atoms with Gasteiger partial charge in [-0.15, -0.1) is 0 Å². The van der Waals surface area contributed by atoms with E-state index in [1.54, 1.807) is 12.1 Å². The second-order valence-electron chi connectivity index (χ2n) is 6.80. The maximum absolute atomic E-state index is 14.2. The minimum atomic E-state index is -0.499. The number of ether oxygens (including phenoxy) is 1. The molecule has 1 aliphatic rings. The van der Waals surface area contributed by atoms with E-state index in [-0.39, 0.29) is 23.6 Å². The molecule has 0 spiro atoms. The first-order chi connectivity index (χ1) is 12.5. The van der Waals surface area contributed by atoms with Gasteiger partial charge in [0, 0.05) is 35.6 Å². The Morgan fingerprint density at radius 1 is 1.31 bits per heavy atom. The quantitative estimate of drug-likeness (QED) is 0.863. The van der Waals surface area contributed by atoms with Crippen LogP contribution in [0.25, 0.3) is 0 Å². The van der Waals surface area contributed by atoms with Crippen molar-refractivity contribution in [3.8, 4) is 5.75 Å². The van der Waals surface area contributed by atoms with Gasteiger partial charge >= 0.3 is 0 Å². The standard InChI is InChI=1S/C20H23FN2O3/c1-12(2)26-14-8-7-13(17(21)9-14)10-23-20(25)16-11-22-18-6-4-3-5-15(18)19(16)24/h7-9,11-12H,3-6,10H2,1-2H3,(H,22,24)(H,23,25). The number of nitrogens with one attached hydrogen (secondary N) is 2. The van der Waals surface area contributed by atoms with Gasteiger partial charge in [0.25, 0.3) is 5.91 Å². The van der Waals surface area contributed by atoms with E-state index in [0.29, 0.717) is 23.3 Å². The van der Waals surface area contributed by atoms with Gasteiger partial charge in [-0.2, -0.15) is 0 Å². The van der Waals surface area contributed by atoms with Gasteiger partial charge in [0.05, 0.1) is 6.10 Å². The lowest BCUT2D eigenvalue weighted by atomic mass is 9.94. The predicted molar refractivity (Wildman–Crippen MR) is 97.0 cm³/mol. The Bertz CT molecular complexity index is 874. The predicted octanol–water partition coefficient (Wildman–Crippen LogP) is 3.11. The molecule has 2 aromatic rings. The second-order valence-corrected chi connectivity index (χ2v) is 6.80. The van der Waals surface area contributed by atoms with Crippen LogP contribution in [0.2, 0.25) is 0 Å². The fourth-order valence-corrected chi connectivity index (χ4v) is 3.16. The van der Waals surface area contributed by atoms with Crippen LogP contribution in [0.15, 0.2) is 29.2 Å². The molecule has 6 heteroatoms. The Morgan fingerprint density at radius 2 is 2.08 bits per heavy atom. The Morgan fingerprint density at radius 3 is 2.81 bits per heavy atom. The van der Waals surface area contributed by atoms with Gasteiger partial charge in [0.1, 0.15) is 17.1 Å². The van der Waals surface area contributed by atoms with Crippen LogP contribution in [-0.2, 0) is 19.4 Å². The van der Waals surface area contributed by atoms with Crippen LogP contribution in [-0.4, -0.2) is 17.0 Å². The van der Waals surface area contributed by atoms with E-state index in [1.165, 1.54) is 12.3 Å². The number of halogens is 1. The highest BCUT2D eigenvalue weighted by atomic mass is 19.1. The second kappa shape index (κ2) is 7.72. The van der Waals surface area contributed by atoms with Gasteiger partial charge in [-0.3, -0.25) is 9.59 Å². The van der Waals surface area contributed by atoms with Crippen LogP contribution in [0.1, 0.15) is 53.9 Å². The van der Waals surface area contributed by atoms with Crippen molar-refractivity contribution in [1.82, 2.24) is 10.3 Å². The van der Waals surface area contributed by atoms with E-state index in [0.717, 1.165) is 25.0 Å². The van der Waals surface area contributed by atoms with Crippen molar-refractivity contribution < 1.29 is 13.9 Å². The largest absolute Gasteiger partial charge is 0.491 e. The average Bonchev–Trinajstić information content (AvgIpc) is 2.61. The van der Waals surface area contributed by atoms with Crippen molar-refractivity contribution in [1.29, 1.82) is 0 Å². The van der Waals surface area contributed by atoms with Crippen molar-refractivity contribution in [2.45, 2.75) is 52.2 Å². The molecular weight excluding hydrogens is 335 g/mol. The normalized spacial score (nSPS) is 13.4. The number of carbonyl (C=O) groups excluding carboxylic acids is 1. The minimum Gasteiger partial charge on any atom is -0.491 e. The first kappa shape index (κ1) is 18.2. The number of pyridine rings is 1. The van der Waals surface area contributed by atoms with Crippen LogP contribution in [0.4, 0.5) is 4.39 Å². The third-order valence-corrected chi connectivity index (χ3v) is 4.46. The Hall–Kier alpha value is -2.63. The molecule has 0 saturated heterocycles. The van der Waals surface area contributed by atoms with Crippen LogP contribution in [0.5, 0.6) is 5.75 Å². The summed E-state index contributed by atoms with van der Waals surface area (Å²) in [7, 11) is 0. The van der Waals surface area contributed by atoms with E-state index in [4.69, 9.17) is 4.74 Å². The summed E-state index contributed by atoms with van der Waals surface area (Å²) in [6.45, 7) is 3.73. The third-order valence-electron chi connectivity index (χ3n) is 4.46. The van der Waals surface area contributed by atoms with Crippen molar-refractivity contribution in [2.24, 2.45) is 0 Å². The summed E-state index contributed by atoms with van der Waals surface area (Å²) in [5.74, 6) is -0.511. The van der Waals surface area contributed by atoms with E-state index in [1.807, 2.05) is 13.8 Å². The summed E-state index contributed by atoms with van der Waals surface area (Å²) in [6, 6.07) is 4.54. The first-order valence-corrected chi connectivity index (χ1v) is 8.92. The van der Waals surface area contributed by atoms with E-state index < -0.39 is 11.7 Å². The first-order valence-electron chi connectivity index (χ1n) is 8.92. The average molecular weight is 358 g/mol. The summed E-state index contributed by atoms with van der Waals surface area (Å²) >= 11 is 0. The summed E-state index contributed by atoms with van der Waals surface area (Å²) in [4.78, 5) is 27.9. The molecule has 138 valence electrons. The highest BCUT2D eigenvalue weighted by Crippen LogP contribution is 2.18. The van der Waals surface area contributed by atoms with Gasteiger partial charge in [-0.1, -0.05) is 6.07 Å². The van der Waals surface area contributed by atoms with Crippen LogP contribution >= 0.6 is 0 Å². The van der Waals surface area contributed by atoms with Gasteiger partial charge in [-0.05, 0) is 45.6 Å². The molecular formula is C20H23FN2O3. The number of aromatic nitrogens is 1. The van der Waals surface area contributed by atoms with Crippen LogP contribution in [0, 0.1) is 5.82 Å². The minimum absolute atomic E-state index is 0.00312. The molecule has 1 aromatic heterocycles. The summed E-state index contributed by atoms with van der Waals surface area (Å²) < 4.78 is 19.6.